The number of piperidine rings is 1. The summed E-state index contributed by atoms with van der Waals surface area (Å²) in [4.78, 5) is 19.9. The number of thiazole rings is 1. The maximum absolute atomic E-state index is 12.8. The quantitative estimate of drug-likeness (QED) is 0.831. The van der Waals surface area contributed by atoms with E-state index in [9.17, 15) is 4.79 Å². The number of amides is 1. The monoisotopic (exact) mass is 357 g/mol. The lowest BCUT2D eigenvalue weighted by molar-refractivity contribution is -0.126. The number of anilines is 1. The predicted molar refractivity (Wildman–Crippen MR) is 104 cm³/mol. The molecule has 2 aromatic rings. The fourth-order valence-corrected chi connectivity index (χ4v) is 5.10. The van der Waals surface area contributed by atoms with Crippen molar-refractivity contribution in [1.82, 2.24) is 10.3 Å². The molecule has 1 aliphatic heterocycles. The van der Waals surface area contributed by atoms with Gasteiger partial charge in [0.2, 0.25) is 5.91 Å². The number of aromatic nitrogens is 1. The largest absolute Gasteiger partial charge is 0.353 e. The number of carbonyl (C=O) groups is 1. The second kappa shape index (κ2) is 7.73. The van der Waals surface area contributed by atoms with Gasteiger partial charge in [-0.2, -0.15) is 0 Å². The normalized spacial score (nSPS) is 22.7. The highest BCUT2D eigenvalue weighted by molar-refractivity contribution is 7.22. The molecular weight excluding hydrogens is 330 g/mol. The number of hydrogen-bond acceptors (Lipinski definition) is 4. The van der Waals surface area contributed by atoms with Crippen LogP contribution in [0.2, 0.25) is 0 Å². The van der Waals surface area contributed by atoms with E-state index in [2.05, 4.69) is 28.4 Å². The van der Waals surface area contributed by atoms with E-state index < -0.39 is 0 Å². The van der Waals surface area contributed by atoms with Gasteiger partial charge in [-0.25, -0.2) is 4.98 Å². The van der Waals surface area contributed by atoms with Gasteiger partial charge >= 0.3 is 0 Å². The number of carbonyl (C=O) groups excluding carboxylic acids is 1. The molecule has 1 amide bonds. The van der Waals surface area contributed by atoms with Crippen LogP contribution < -0.4 is 10.2 Å². The molecular formula is C20H27N3OS. The van der Waals surface area contributed by atoms with Gasteiger partial charge in [0.15, 0.2) is 5.13 Å². The Morgan fingerprint density at radius 2 is 1.88 bits per heavy atom. The highest BCUT2D eigenvalue weighted by Gasteiger charge is 2.28. The third-order valence-corrected chi connectivity index (χ3v) is 6.64. The van der Waals surface area contributed by atoms with Crippen LogP contribution in [0.5, 0.6) is 0 Å². The van der Waals surface area contributed by atoms with Crippen LogP contribution in [-0.4, -0.2) is 30.0 Å². The third kappa shape index (κ3) is 3.97. The molecule has 134 valence electrons. The number of nitrogens with one attached hydrogen (secondary N) is 1. The number of benzene rings is 1. The summed E-state index contributed by atoms with van der Waals surface area (Å²) in [6, 6.07) is 8.67. The first-order valence-electron chi connectivity index (χ1n) is 9.70. The van der Waals surface area contributed by atoms with Gasteiger partial charge < -0.3 is 10.2 Å². The molecule has 25 heavy (non-hydrogen) atoms. The highest BCUT2D eigenvalue weighted by atomic mass is 32.1. The molecule has 1 unspecified atom stereocenters. The van der Waals surface area contributed by atoms with Gasteiger partial charge in [-0.3, -0.25) is 4.79 Å². The van der Waals surface area contributed by atoms with Crippen molar-refractivity contribution in [3.63, 3.8) is 0 Å². The van der Waals surface area contributed by atoms with Crippen LogP contribution >= 0.6 is 11.3 Å². The van der Waals surface area contributed by atoms with Crippen molar-refractivity contribution in [2.75, 3.05) is 18.0 Å². The first kappa shape index (κ1) is 16.8. The Labute approximate surface area is 153 Å². The summed E-state index contributed by atoms with van der Waals surface area (Å²) in [5.74, 6) is 0.363. The molecule has 4 rings (SSSR count). The number of para-hydroxylation sites is 1. The van der Waals surface area contributed by atoms with Gasteiger partial charge in [0.1, 0.15) is 0 Å². The minimum absolute atomic E-state index is 0.101. The van der Waals surface area contributed by atoms with Crippen molar-refractivity contribution in [2.45, 2.75) is 57.4 Å². The van der Waals surface area contributed by atoms with Crippen LogP contribution in [0.1, 0.15) is 51.4 Å². The highest BCUT2D eigenvalue weighted by Crippen LogP contribution is 2.31. The third-order valence-electron chi connectivity index (χ3n) is 5.55. The topological polar surface area (TPSA) is 45.2 Å². The standard InChI is InChI=1S/C20H27N3OS/c24-19(21-16-9-3-1-2-4-10-16)15-8-7-13-23(14-15)20-22-17-11-5-6-12-18(17)25-20/h5-6,11-12,15-16H,1-4,7-10,13-14H2,(H,21,24). The second-order valence-electron chi connectivity index (χ2n) is 7.45. The van der Waals surface area contributed by atoms with Crippen LogP contribution in [0.4, 0.5) is 5.13 Å². The Morgan fingerprint density at radius 1 is 1.08 bits per heavy atom. The zero-order valence-electron chi connectivity index (χ0n) is 14.7. The lowest BCUT2D eigenvalue weighted by Crippen LogP contribution is -2.46. The molecule has 0 bridgehead atoms. The second-order valence-corrected chi connectivity index (χ2v) is 8.46. The van der Waals surface area contributed by atoms with E-state index in [1.807, 2.05) is 6.07 Å². The average Bonchev–Trinajstić information content (AvgIpc) is 2.92. The molecule has 2 heterocycles. The number of nitrogens with zero attached hydrogens (tertiary/aromatic N) is 2. The molecule has 0 spiro atoms. The molecule has 0 radical (unpaired) electrons. The van der Waals surface area contributed by atoms with Gasteiger partial charge in [0.05, 0.1) is 16.1 Å². The first-order chi connectivity index (χ1) is 12.3. The summed E-state index contributed by atoms with van der Waals surface area (Å²) in [5.41, 5.74) is 1.06. The molecule has 1 atom stereocenters. The fourth-order valence-electron chi connectivity index (χ4n) is 4.10. The van der Waals surface area contributed by atoms with E-state index in [0.717, 1.165) is 49.4 Å². The maximum Gasteiger partial charge on any atom is 0.225 e. The zero-order valence-corrected chi connectivity index (χ0v) is 15.6. The molecule has 1 aliphatic carbocycles. The molecule has 1 saturated carbocycles. The van der Waals surface area contributed by atoms with E-state index in [-0.39, 0.29) is 11.8 Å². The van der Waals surface area contributed by atoms with Crippen molar-refractivity contribution in [2.24, 2.45) is 5.92 Å². The summed E-state index contributed by atoms with van der Waals surface area (Å²) in [7, 11) is 0. The van der Waals surface area contributed by atoms with Crippen molar-refractivity contribution < 1.29 is 4.79 Å². The van der Waals surface area contributed by atoms with Gasteiger partial charge in [0, 0.05) is 19.1 Å². The summed E-state index contributed by atoms with van der Waals surface area (Å²) in [5, 5.41) is 4.41. The van der Waals surface area contributed by atoms with E-state index in [0.29, 0.717) is 6.04 Å². The van der Waals surface area contributed by atoms with Crippen LogP contribution in [0.3, 0.4) is 0 Å². The van der Waals surface area contributed by atoms with Gasteiger partial charge in [-0.1, -0.05) is 49.2 Å². The lowest BCUT2D eigenvalue weighted by atomic mass is 9.96. The fraction of sp³-hybridized carbons (Fsp3) is 0.600. The molecule has 1 N–H and O–H groups in total. The average molecular weight is 358 g/mol. The Bertz CT molecular complexity index is 688. The van der Waals surface area contributed by atoms with E-state index in [1.54, 1.807) is 11.3 Å². The lowest BCUT2D eigenvalue weighted by Gasteiger charge is -2.32. The number of hydrogen-bond donors (Lipinski definition) is 1. The van der Waals surface area contributed by atoms with Crippen molar-refractivity contribution in [1.29, 1.82) is 0 Å². The van der Waals surface area contributed by atoms with Crippen molar-refractivity contribution >= 4 is 32.6 Å². The summed E-state index contributed by atoms with van der Waals surface area (Å²) < 4.78 is 1.22. The molecule has 1 aromatic heterocycles. The summed E-state index contributed by atoms with van der Waals surface area (Å²) >= 11 is 1.74. The minimum Gasteiger partial charge on any atom is -0.353 e. The van der Waals surface area contributed by atoms with Gasteiger partial charge in [-0.05, 0) is 37.8 Å². The van der Waals surface area contributed by atoms with E-state index in [4.69, 9.17) is 4.98 Å². The van der Waals surface area contributed by atoms with E-state index >= 15 is 0 Å². The maximum atomic E-state index is 12.8. The zero-order chi connectivity index (χ0) is 17.1. The smallest absolute Gasteiger partial charge is 0.225 e. The van der Waals surface area contributed by atoms with Crippen molar-refractivity contribution in [3.05, 3.63) is 24.3 Å². The van der Waals surface area contributed by atoms with Crippen LogP contribution in [0.15, 0.2) is 24.3 Å². The number of rotatable bonds is 3. The van der Waals surface area contributed by atoms with Crippen LogP contribution in [0, 0.1) is 5.92 Å². The summed E-state index contributed by atoms with van der Waals surface area (Å²) in [6.45, 7) is 1.81. The summed E-state index contributed by atoms with van der Waals surface area (Å²) in [6.07, 6.45) is 9.53. The SMILES string of the molecule is O=C(NC1CCCCCC1)C1CCCN(c2nc3ccccc3s2)C1. The van der Waals surface area contributed by atoms with Crippen molar-refractivity contribution in [3.8, 4) is 0 Å². The molecule has 2 fully saturated rings. The van der Waals surface area contributed by atoms with Gasteiger partial charge in [-0.15, -0.1) is 0 Å². The molecule has 4 nitrogen and oxygen atoms in total. The Hall–Kier alpha value is -1.62. The predicted octanol–water partition coefficient (Wildman–Crippen LogP) is 4.35. The molecule has 1 saturated heterocycles. The van der Waals surface area contributed by atoms with E-state index in [1.165, 1.54) is 30.4 Å². The minimum atomic E-state index is 0.101. The van der Waals surface area contributed by atoms with Crippen LogP contribution in [0.25, 0.3) is 10.2 Å². The molecule has 5 heteroatoms. The first-order valence-corrected chi connectivity index (χ1v) is 10.5. The Balaban J connectivity index is 1.40. The molecule has 2 aliphatic rings. The molecule has 1 aromatic carbocycles. The Kier molecular flexibility index (Phi) is 5.20. The number of fused-ring (bicyclic) bond motifs is 1. The van der Waals surface area contributed by atoms with Crippen LogP contribution in [-0.2, 0) is 4.79 Å². The Morgan fingerprint density at radius 3 is 2.68 bits per heavy atom. The van der Waals surface area contributed by atoms with Gasteiger partial charge in [0.25, 0.3) is 0 Å².